The number of likely N-dealkylation sites (N-methyl/N-ethyl adjacent to an activating group) is 1. The highest BCUT2D eigenvalue weighted by Crippen LogP contribution is 2.31. The molecule has 0 bridgehead atoms. The smallest absolute Gasteiger partial charge is 0.254 e. The minimum absolute atomic E-state index is 0.223. The van der Waals surface area contributed by atoms with Crippen molar-refractivity contribution in [2.75, 3.05) is 7.05 Å². The summed E-state index contributed by atoms with van der Waals surface area (Å²) >= 11 is 5.89. The van der Waals surface area contributed by atoms with E-state index in [-0.39, 0.29) is 5.91 Å². The van der Waals surface area contributed by atoms with E-state index in [1.54, 1.807) is 24.9 Å². The molecule has 0 aromatic carbocycles. The standard InChI is InChI=1S/C12H18ClN3O2/c1-15(8-10-14-7-9(13)16(10)2)11(17)12(18)5-3-4-6-12/h7,18H,3-6,8H2,1-2H3. The van der Waals surface area contributed by atoms with Gasteiger partial charge in [0.15, 0.2) is 0 Å². The molecule has 100 valence electrons. The SMILES string of the molecule is CN(Cc1ncc(Cl)n1C)C(=O)C1(O)CCCC1. The summed E-state index contributed by atoms with van der Waals surface area (Å²) in [5.41, 5.74) is -1.18. The Hall–Kier alpha value is -1.07. The molecule has 0 aliphatic heterocycles. The molecule has 0 unspecified atom stereocenters. The van der Waals surface area contributed by atoms with Crippen LogP contribution in [0.2, 0.25) is 5.15 Å². The number of hydrogen-bond donors (Lipinski definition) is 1. The molecule has 1 aliphatic rings. The highest BCUT2D eigenvalue weighted by atomic mass is 35.5. The van der Waals surface area contributed by atoms with Crippen molar-refractivity contribution in [3.63, 3.8) is 0 Å². The number of aromatic nitrogens is 2. The van der Waals surface area contributed by atoms with Crippen LogP contribution in [-0.2, 0) is 18.4 Å². The Morgan fingerprint density at radius 2 is 2.22 bits per heavy atom. The fourth-order valence-electron chi connectivity index (χ4n) is 2.38. The van der Waals surface area contributed by atoms with Crippen LogP contribution < -0.4 is 0 Å². The van der Waals surface area contributed by atoms with E-state index in [1.807, 2.05) is 0 Å². The number of rotatable bonds is 3. The van der Waals surface area contributed by atoms with E-state index in [9.17, 15) is 9.90 Å². The number of carbonyl (C=O) groups excluding carboxylic acids is 1. The summed E-state index contributed by atoms with van der Waals surface area (Å²) in [5.74, 6) is 0.483. The van der Waals surface area contributed by atoms with Crippen molar-refractivity contribution in [1.29, 1.82) is 0 Å². The number of imidazole rings is 1. The molecule has 0 saturated heterocycles. The molecule has 18 heavy (non-hydrogen) atoms. The highest BCUT2D eigenvalue weighted by Gasteiger charge is 2.40. The fourth-order valence-corrected chi connectivity index (χ4v) is 2.53. The lowest BCUT2D eigenvalue weighted by atomic mass is 10.0. The minimum atomic E-state index is -1.18. The Labute approximate surface area is 111 Å². The third-order valence-electron chi connectivity index (χ3n) is 3.58. The van der Waals surface area contributed by atoms with Gasteiger partial charge < -0.3 is 14.6 Å². The third kappa shape index (κ3) is 2.37. The van der Waals surface area contributed by atoms with Gasteiger partial charge >= 0.3 is 0 Å². The van der Waals surface area contributed by atoms with Crippen LogP contribution in [0.5, 0.6) is 0 Å². The molecule has 1 heterocycles. The molecule has 2 rings (SSSR count). The summed E-state index contributed by atoms with van der Waals surface area (Å²) in [4.78, 5) is 17.9. The molecule has 1 amide bonds. The Morgan fingerprint density at radius 1 is 1.61 bits per heavy atom. The van der Waals surface area contributed by atoms with Gasteiger partial charge in [-0.1, -0.05) is 11.6 Å². The molecular weight excluding hydrogens is 254 g/mol. The van der Waals surface area contributed by atoms with Gasteiger partial charge in [0.25, 0.3) is 5.91 Å². The molecule has 1 aromatic rings. The van der Waals surface area contributed by atoms with Crippen LogP contribution >= 0.6 is 11.6 Å². The molecular formula is C12H18ClN3O2. The minimum Gasteiger partial charge on any atom is -0.380 e. The predicted molar refractivity (Wildman–Crippen MR) is 68.1 cm³/mol. The maximum atomic E-state index is 12.2. The van der Waals surface area contributed by atoms with E-state index < -0.39 is 5.60 Å². The molecule has 1 aliphatic carbocycles. The summed E-state index contributed by atoms with van der Waals surface area (Å²) in [6.45, 7) is 0.352. The van der Waals surface area contributed by atoms with Crippen LogP contribution in [0.4, 0.5) is 0 Å². The lowest BCUT2D eigenvalue weighted by Gasteiger charge is -2.27. The van der Waals surface area contributed by atoms with Gasteiger partial charge in [0.1, 0.15) is 16.6 Å². The van der Waals surface area contributed by atoms with Gasteiger partial charge in [-0.3, -0.25) is 4.79 Å². The molecule has 1 aromatic heterocycles. The quantitative estimate of drug-likeness (QED) is 0.903. The maximum Gasteiger partial charge on any atom is 0.254 e. The van der Waals surface area contributed by atoms with Gasteiger partial charge in [0.2, 0.25) is 0 Å². The van der Waals surface area contributed by atoms with E-state index in [0.29, 0.717) is 30.4 Å². The Bertz CT molecular complexity index is 452. The first kappa shape index (κ1) is 13.4. The fraction of sp³-hybridized carbons (Fsp3) is 0.667. The zero-order valence-corrected chi connectivity index (χ0v) is 11.4. The van der Waals surface area contributed by atoms with Gasteiger partial charge in [0.05, 0.1) is 12.7 Å². The van der Waals surface area contributed by atoms with Crippen molar-refractivity contribution < 1.29 is 9.90 Å². The van der Waals surface area contributed by atoms with Crippen LogP contribution in [0.3, 0.4) is 0 Å². The maximum absolute atomic E-state index is 12.2. The van der Waals surface area contributed by atoms with Crippen molar-refractivity contribution in [3.05, 3.63) is 17.2 Å². The average Bonchev–Trinajstić information content (AvgIpc) is 2.90. The first-order chi connectivity index (χ1) is 8.44. The third-order valence-corrected chi connectivity index (χ3v) is 3.93. The number of hydrogen-bond acceptors (Lipinski definition) is 3. The van der Waals surface area contributed by atoms with Crippen molar-refractivity contribution >= 4 is 17.5 Å². The second kappa shape index (κ2) is 4.90. The number of nitrogens with zero attached hydrogens (tertiary/aromatic N) is 3. The van der Waals surface area contributed by atoms with Crippen LogP contribution in [0.1, 0.15) is 31.5 Å². The van der Waals surface area contributed by atoms with Crippen molar-refractivity contribution in [3.8, 4) is 0 Å². The van der Waals surface area contributed by atoms with Crippen LogP contribution in [-0.4, -0.2) is 38.1 Å². The van der Waals surface area contributed by atoms with E-state index in [1.165, 1.54) is 4.90 Å². The van der Waals surface area contributed by atoms with E-state index >= 15 is 0 Å². The molecule has 0 radical (unpaired) electrons. The number of amides is 1. The van der Waals surface area contributed by atoms with Gasteiger partial charge in [-0.05, 0) is 25.7 Å². The topological polar surface area (TPSA) is 58.4 Å². The Morgan fingerprint density at radius 3 is 2.72 bits per heavy atom. The van der Waals surface area contributed by atoms with Gasteiger partial charge in [-0.25, -0.2) is 4.98 Å². The highest BCUT2D eigenvalue weighted by molar-refractivity contribution is 6.29. The Kier molecular flexibility index (Phi) is 3.64. The molecule has 0 atom stereocenters. The van der Waals surface area contributed by atoms with E-state index in [2.05, 4.69) is 4.98 Å². The summed E-state index contributed by atoms with van der Waals surface area (Å²) in [5, 5.41) is 10.8. The predicted octanol–water partition coefficient (Wildman–Crippen LogP) is 1.34. The number of aliphatic hydroxyl groups is 1. The van der Waals surface area contributed by atoms with E-state index in [0.717, 1.165) is 12.8 Å². The average molecular weight is 272 g/mol. The second-order valence-corrected chi connectivity index (χ2v) is 5.34. The lowest BCUT2D eigenvalue weighted by Crippen LogP contribution is -2.45. The van der Waals surface area contributed by atoms with Crippen LogP contribution in [0, 0.1) is 0 Å². The van der Waals surface area contributed by atoms with Crippen LogP contribution in [0.15, 0.2) is 6.20 Å². The zero-order valence-electron chi connectivity index (χ0n) is 10.7. The van der Waals surface area contributed by atoms with Gasteiger partial charge in [-0.2, -0.15) is 0 Å². The molecule has 1 fully saturated rings. The van der Waals surface area contributed by atoms with Crippen molar-refractivity contribution in [2.24, 2.45) is 7.05 Å². The summed E-state index contributed by atoms with van der Waals surface area (Å²) < 4.78 is 1.73. The molecule has 1 N–H and O–H groups in total. The summed E-state index contributed by atoms with van der Waals surface area (Å²) in [6, 6.07) is 0. The zero-order chi connectivity index (χ0) is 13.3. The lowest BCUT2D eigenvalue weighted by molar-refractivity contribution is -0.149. The molecule has 1 saturated carbocycles. The van der Waals surface area contributed by atoms with Crippen molar-refractivity contribution in [2.45, 2.75) is 37.8 Å². The Balaban J connectivity index is 2.06. The van der Waals surface area contributed by atoms with Gasteiger partial charge in [-0.15, -0.1) is 0 Å². The first-order valence-electron chi connectivity index (χ1n) is 6.08. The summed E-state index contributed by atoms with van der Waals surface area (Å²) in [7, 11) is 3.48. The normalized spacial score (nSPS) is 18.0. The first-order valence-corrected chi connectivity index (χ1v) is 6.46. The number of halogens is 1. The summed E-state index contributed by atoms with van der Waals surface area (Å²) in [6.07, 6.45) is 4.48. The van der Waals surface area contributed by atoms with E-state index in [4.69, 9.17) is 11.6 Å². The monoisotopic (exact) mass is 271 g/mol. The molecule has 6 heteroatoms. The number of carbonyl (C=O) groups is 1. The second-order valence-electron chi connectivity index (χ2n) is 4.96. The largest absolute Gasteiger partial charge is 0.380 e. The molecule has 5 nitrogen and oxygen atoms in total. The van der Waals surface area contributed by atoms with Gasteiger partial charge in [0, 0.05) is 14.1 Å². The van der Waals surface area contributed by atoms with Crippen molar-refractivity contribution in [1.82, 2.24) is 14.5 Å². The molecule has 0 spiro atoms. The van der Waals surface area contributed by atoms with Crippen LogP contribution in [0.25, 0.3) is 0 Å².